The molecule has 3 nitrogen and oxygen atoms in total. The van der Waals surface area contributed by atoms with Crippen LogP contribution < -0.4 is 4.74 Å². The maximum Gasteiger partial charge on any atom is 0.140 e. The summed E-state index contributed by atoms with van der Waals surface area (Å²) in [6, 6.07) is 5.87. The second-order valence-electron chi connectivity index (χ2n) is 3.73. The van der Waals surface area contributed by atoms with E-state index < -0.39 is 0 Å². The van der Waals surface area contributed by atoms with Crippen LogP contribution in [0, 0.1) is 5.82 Å². The Morgan fingerprint density at radius 2 is 2.06 bits per heavy atom. The zero-order valence-electron chi connectivity index (χ0n) is 10.0. The molecule has 1 N–H and O–H groups in total. The van der Waals surface area contributed by atoms with Crippen molar-refractivity contribution in [3.8, 4) is 5.75 Å². The number of benzene rings is 1. The summed E-state index contributed by atoms with van der Waals surface area (Å²) in [5, 5.41) is 9.99. The molecule has 0 aliphatic carbocycles. The number of hydrogen-bond acceptors (Lipinski definition) is 4. The highest BCUT2D eigenvalue weighted by molar-refractivity contribution is 7.11. The monoisotopic (exact) mass is 267 g/mol. The van der Waals surface area contributed by atoms with E-state index in [1.165, 1.54) is 23.5 Å². The molecule has 0 amide bonds. The summed E-state index contributed by atoms with van der Waals surface area (Å²) in [5.74, 6) is 0.322. The first-order valence-electron chi connectivity index (χ1n) is 5.69. The normalized spacial score (nSPS) is 10.6. The number of ether oxygens (including phenoxy) is 1. The molecule has 0 aliphatic rings. The van der Waals surface area contributed by atoms with Gasteiger partial charge in [0.25, 0.3) is 0 Å². The van der Waals surface area contributed by atoms with E-state index in [2.05, 4.69) is 4.98 Å². The third-order valence-electron chi connectivity index (χ3n) is 2.48. The van der Waals surface area contributed by atoms with Gasteiger partial charge in [0.05, 0.1) is 17.2 Å². The quantitative estimate of drug-likeness (QED) is 0.905. The highest BCUT2D eigenvalue weighted by Crippen LogP contribution is 2.21. The number of rotatable bonds is 5. The van der Waals surface area contributed by atoms with Gasteiger partial charge in [-0.2, -0.15) is 0 Å². The molecule has 0 saturated heterocycles. The SMILES string of the molecule is CCc1nc(COc2ccc(F)cc2)sc1CO. The van der Waals surface area contributed by atoms with Crippen LogP contribution in [0.25, 0.3) is 0 Å². The number of halogens is 1. The van der Waals surface area contributed by atoms with Crippen LogP contribution in [0.3, 0.4) is 0 Å². The van der Waals surface area contributed by atoms with Crippen LogP contribution in [0.5, 0.6) is 5.75 Å². The van der Waals surface area contributed by atoms with Gasteiger partial charge in [-0.3, -0.25) is 0 Å². The summed E-state index contributed by atoms with van der Waals surface area (Å²) < 4.78 is 18.2. The third-order valence-corrected chi connectivity index (χ3v) is 3.53. The first kappa shape index (κ1) is 13.0. The van der Waals surface area contributed by atoms with Gasteiger partial charge in [-0.25, -0.2) is 9.37 Å². The molecule has 2 aromatic rings. The van der Waals surface area contributed by atoms with E-state index in [9.17, 15) is 4.39 Å². The topological polar surface area (TPSA) is 42.4 Å². The fourth-order valence-electron chi connectivity index (χ4n) is 1.57. The molecule has 18 heavy (non-hydrogen) atoms. The van der Waals surface area contributed by atoms with E-state index in [4.69, 9.17) is 9.84 Å². The Balaban J connectivity index is 2.01. The Bertz CT molecular complexity index is 489. The molecular formula is C13H14FNO2S. The molecule has 0 aliphatic heterocycles. The number of aliphatic hydroxyl groups excluding tert-OH is 1. The highest BCUT2D eigenvalue weighted by atomic mass is 32.1. The molecule has 1 aromatic carbocycles. The van der Waals surface area contributed by atoms with Crippen molar-refractivity contribution in [2.75, 3.05) is 0 Å². The smallest absolute Gasteiger partial charge is 0.140 e. The zero-order valence-corrected chi connectivity index (χ0v) is 10.8. The van der Waals surface area contributed by atoms with Crippen molar-refractivity contribution in [2.24, 2.45) is 0 Å². The van der Waals surface area contributed by atoms with Crippen molar-refractivity contribution < 1.29 is 14.2 Å². The number of nitrogens with zero attached hydrogens (tertiary/aromatic N) is 1. The van der Waals surface area contributed by atoms with Crippen LogP contribution in [0.15, 0.2) is 24.3 Å². The first-order valence-corrected chi connectivity index (χ1v) is 6.51. The fourth-order valence-corrected chi connectivity index (χ4v) is 2.50. The largest absolute Gasteiger partial charge is 0.486 e. The molecule has 0 radical (unpaired) electrons. The molecule has 1 heterocycles. The minimum absolute atomic E-state index is 0.0113. The lowest BCUT2D eigenvalue weighted by atomic mass is 10.3. The van der Waals surface area contributed by atoms with Crippen molar-refractivity contribution in [3.05, 3.63) is 45.7 Å². The van der Waals surface area contributed by atoms with Crippen molar-refractivity contribution in [1.82, 2.24) is 4.98 Å². The molecular weight excluding hydrogens is 253 g/mol. The minimum atomic E-state index is -0.285. The number of thiazole rings is 1. The average molecular weight is 267 g/mol. The maximum atomic E-state index is 12.7. The molecule has 0 spiro atoms. The first-order chi connectivity index (χ1) is 8.72. The van der Waals surface area contributed by atoms with Crippen molar-refractivity contribution in [1.29, 1.82) is 0 Å². The summed E-state index contributed by atoms with van der Waals surface area (Å²) in [7, 11) is 0. The van der Waals surface area contributed by atoms with Crippen LogP contribution in [0.4, 0.5) is 4.39 Å². The fraction of sp³-hybridized carbons (Fsp3) is 0.308. The molecule has 0 atom stereocenters. The summed E-state index contributed by atoms with van der Waals surface area (Å²) in [4.78, 5) is 5.28. The Kier molecular flexibility index (Phi) is 4.28. The van der Waals surface area contributed by atoms with Gasteiger partial charge in [0.2, 0.25) is 0 Å². The Labute approximate surface area is 109 Å². The molecule has 1 aromatic heterocycles. The van der Waals surface area contributed by atoms with E-state index >= 15 is 0 Å². The van der Waals surface area contributed by atoms with Gasteiger partial charge in [-0.1, -0.05) is 6.92 Å². The number of hydrogen-bond donors (Lipinski definition) is 1. The summed E-state index contributed by atoms with van der Waals surface area (Å²) in [6.45, 7) is 2.35. The number of aliphatic hydroxyl groups is 1. The molecule has 0 fully saturated rings. The second kappa shape index (κ2) is 5.93. The van der Waals surface area contributed by atoms with E-state index in [1.54, 1.807) is 12.1 Å². The Hall–Kier alpha value is -1.46. The Morgan fingerprint density at radius 3 is 2.61 bits per heavy atom. The summed E-state index contributed by atoms with van der Waals surface area (Å²) >= 11 is 1.45. The van der Waals surface area contributed by atoms with Crippen LogP contribution in [-0.4, -0.2) is 10.1 Å². The number of aryl methyl sites for hydroxylation is 1. The molecule has 0 saturated carbocycles. The molecule has 96 valence electrons. The molecule has 0 unspecified atom stereocenters. The zero-order chi connectivity index (χ0) is 13.0. The van der Waals surface area contributed by atoms with Crippen LogP contribution in [-0.2, 0) is 19.6 Å². The maximum absolute atomic E-state index is 12.7. The standard InChI is InChI=1S/C13H14FNO2S/c1-2-11-12(7-16)18-13(15-11)8-17-10-5-3-9(14)4-6-10/h3-6,16H,2,7-8H2,1H3. The van der Waals surface area contributed by atoms with Gasteiger partial charge < -0.3 is 9.84 Å². The Morgan fingerprint density at radius 1 is 1.33 bits per heavy atom. The van der Waals surface area contributed by atoms with Crippen molar-refractivity contribution in [3.63, 3.8) is 0 Å². The summed E-state index contributed by atoms with van der Waals surface area (Å²) in [5.41, 5.74) is 0.917. The average Bonchev–Trinajstić information content (AvgIpc) is 2.80. The van der Waals surface area contributed by atoms with Gasteiger partial charge in [0.1, 0.15) is 23.2 Å². The predicted octanol–water partition coefficient (Wildman–Crippen LogP) is 2.92. The van der Waals surface area contributed by atoms with Gasteiger partial charge in [0.15, 0.2) is 0 Å². The third kappa shape index (κ3) is 3.05. The van der Waals surface area contributed by atoms with E-state index in [-0.39, 0.29) is 12.4 Å². The van der Waals surface area contributed by atoms with Crippen LogP contribution >= 0.6 is 11.3 Å². The van der Waals surface area contributed by atoms with Crippen LogP contribution in [0.1, 0.15) is 22.5 Å². The van der Waals surface area contributed by atoms with Gasteiger partial charge >= 0.3 is 0 Å². The second-order valence-corrected chi connectivity index (χ2v) is 4.90. The summed E-state index contributed by atoms with van der Waals surface area (Å²) in [6.07, 6.45) is 0.795. The lowest BCUT2D eigenvalue weighted by Crippen LogP contribution is -1.95. The lowest BCUT2D eigenvalue weighted by Gasteiger charge is -2.02. The van der Waals surface area contributed by atoms with E-state index in [0.717, 1.165) is 22.0 Å². The number of aromatic nitrogens is 1. The lowest BCUT2D eigenvalue weighted by molar-refractivity contribution is 0.284. The highest BCUT2D eigenvalue weighted by Gasteiger charge is 2.09. The molecule has 0 bridgehead atoms. The van der Waals surface area contributed by atoms with Gasteiger partial charge in [0, 0.05) is 0 Å². The van der Waals surface area contributed by atoms with E-state index in [0.29, 0.717) is 12.4 Å². The van der Waals surface area contributed by atoms with Gasteiger partial charge in [-0.15, -0.1) is 11.3 Å². The van der Waals surface area contributed by atoms with Crippen molar-refractivity contribution in [2.45, 2.75) is 26.6 Å². The minimum Gasteiger partial charge on any atom is -0.486 e. The van der Waals surface area contributed by atoms with Crippen molar-refractivity contribution >= 4 is 11.3 Å². The van der Waals surface area contributed by atoms with Crippen LogP contribution in [0.2, 0.25) is 0 Å². The van der Waals surface area contributed by atoms with E-state index in [1.807, 2.05) is 6.92 Å². The predicted molar refractivity (Wildman–Crippen MR) is 68.1 cm³/mol. The molecule has 2 rings (SSSR count). The molecule has 5 heteroatoms. The van der Waals surface area contributed by atoms with Gasteiger partial charge in [-0.05, 0) is 30.7 Å².